The molecule has 0 saturated carbocycles. The summed E-state index contributed by atoms with van der Waals surface area (Å²) in [5, 5.41) is 8.93. The van der Waals surface area contributed by atoms with E-state index in [1.54, 1.807) is 17.8 Å². The van der Waals surface area contributed by atoms with Gasteiger partial charge in [-0.3, -0.25) is 14.8 Å². The maximum Gasteiger partial charge on any atom is 0.318 e. The number of aromatic nitrogens is 2. The van der Waals surface area contributed by atoms with Crippen LogP contribution in [0.3, 0.4) is 0 Å². The molecule has 1 aromatic heterocycles. The van der Waals surface area contributed by atoms with E-state index in [2.05, 4.69) is 10.4 Å². The molecular formula is C9H15N5O2. The lowest BCUT2D eigenvalue weighted by atomic mass is 10.3. The van der Waals surface area contributed by atoms with Crippen LogP contribution < -0.4 is 16.4 Å². The number of carbonyl (C=O) groups excluding carboxylic acids is 2. The van der Waals surface area contributed by atoms with E-state index in [0.717, 1.165) is 5.56 Å². The highest BCUT2D eigenvalue weighted by molar-refractivity contribution is 5.96. The lowest BCUT2D eigenvalue weighted by Crippen LogP contribution is -2.46. The summed E-state index contributed by atoms with van der Waals surface area (Å²) in [5.74, 6) is -0.448. The Balaban J connectivity index is 2.37. The number of amides is 3. The van der Waals surface area contributed by atoms with Crippen molar-refractivity contribution in [3.05, 3.63) is 18.0 Å². The largest absolute Gasteiger partial charge is 0.351 e. The Morgan fingerprint density at radius 1 is 1.62 bits per heavy atom. The van der Waals surface area contributed by atoms with E-state index in [1.807, 2.05) is 18.6 Å². The minimum absolute atomic E-state index is 0.448. The minimum atomic E-state index is -0.847. The maximum absolute atomic E-state index is 11.3. The predicted octanol–water partition coefficient (Wildman–Crippen LogP) is -0.907. The van der Waals surface area contributed by atoms with Gasteiger partial charge in [0, 0.05) is 25.4 Å². The minimum Gasteiger partial charge on any atom is -0.351 e. The Hall–Kier alpha value is -1.89. The molecule has 7 heteroatoms. The van der Waals surface area contributed by atoms with Gasteiger partial charge in [0.2, 0.25) is 5.91 Å². The van der Waals surface area contributed by atoms with E-state index in [9.17, 15) is 9.59 Å². The Morgan fingerprint density at radius 3 is 2.81 bits per heavy atom. The molecule has 1 heterocycles. The number of imide groups is 1. The van der Waals surface area contributed by atoms with Gasteiger partial charge in [-0.25, -0.2) is 4.79 Å². The molecule has 0 aliphatic rings. The van der Waals surface area contributed by atoms with Crippen LogP contribution in [0.25, 0.3) is 0 Å². The number of rotatable bonds is 4. The second-order valence-electron chi connectivity index (χ2n) is 3.48. The van der Waals surface area contributed by atoms with Crippen LogP contribution in [0.5, 0.6) is 0 Å². The molecule has 0 aliphatic heterocycles. The molecule has 0 radical (unpaired) electrons. The zero-order valence-corrected chi connectivity index (χ0v) is 9.23. The van der Waals surface area contributed by atoms with Gasteiger partial charge in [0.1, 0.15) is 0 Å². The van der Waals surface area contributed by atoms with Gasteiger partial charge in [0.15, 0.2) is 0 Å². The number of hydrogen-bond donors (Lipinski definition) is 3. The van der Waals surface area contributed by atoms with Gasteiger partial charge in [-0.2, -0.15) is 5.10 Å². The third-order valence-corrected chi connectivity index (χ3v) is 2.01. The van der Waals surface area contributed by atoms with Crippen LogP contribution >= 0.6 is 0 Å². The van der Waals surface area contributed by atoms with Crippen molar-refractivity contribution >= 4 is 11.9 Å². The number of aryl methyl sites for hydroxylation is 1. The first-order chi connectivity index (χ1) is 7.49. The van der Waals surface area contributed by atoms with E-state index in [1.165, 1.54) is 0 Å². The van der Waals surface area contributed by atoms with Crippen molar-refractivity contribution in [2.75, 3.05) is 0 Å². The SMILES string of the molecule is CC(NCc1cnn(C)c1)C(=O)NC(N)=O. The Kier molecular flexibility index (Phi) is 4.01. The van der Waals surface area contributed by atoms with Crippen molar-refractivity contribution in [2.45, 2.75) is 19.5 Å². The van der Waals surface area contributed by atoms with Crippen molar-refractivity contribution in [1.82, 2.24) is 20.4 Å². The number of nitrogens with two attached hydrogens (primary N) is 1. The number of urea groups is 1. The fraction of sp³-hybridized carbons (Fsp3) is 0.444. The number of hydrogen-bond acceptors (Lipinski definition) is 4. The van der Waals surface area contributed by atoms with Crippen LogP contribution in [0, 0.1) is 0 Å². The molecule has 0 saturated heterocycles. The molecule has 1 rings (SSSR count). The van der Waals surface area contributed by atoms with Crippen molar-refractivity contribution in [3.8, 4) is 0 Å². The fourth-order valence-electron chi connectivity index (χ4n) is 1.16. The number of carbonyl (C=O) groups is 2. The van der Waals surface area contributed by atoms with Crippen LogP contribution in [0.15, 0.2) is 12.4 Å². The first kappa shape index (κ1) is 12.2. The zero-order valence-electron chi connectivity index (χ0n) is 9.23. The van der Waals surface area contributed by atoms with Crippen molar-refractivity contribution in [1.29, 1.82) is 0 Å². The molecule has 0 aromatic carbocycles. The van der Waals surface area contributed by atoms with Gasteiger partial charge in [0.25, 0.3) is 0 Å². The molecule has 0 aliphatic carbocycles. The van der Waals surface area contributed by atoms with Crippen LogP contribution in [0.1, 0.15) is 12.5 Å². The number of primary amides is 1. The molecule has 1 aromatic rings. The first-order valence-electron chi connectivity index (χ1n) is 4.80. The summed E-state index contributed by atoms with van der Waals surface area (Å²) >= 11 is 0. The van der Waals surface area contributed by atoms with Crippen LogP contribution in [0.2, 0.25) is 0 Å². The van der Waals surface area contributed by atoms with Crippen molar-refractivity contribution in [2.24, 2.45) is 12.8 Å². The lowest BCUT2D eigenvalue weighted by molar-refractivity contribution is -0.121. The normalized spacial score (nSPS) is 12.1. The van der Waals surface area contributed by atoms with Crippen LogP contribution in [0.4, 0.5) is 4.79 Å². The molecule has 1 atom stereocenters. The number of nitrogens with zero attached hydrogens (tertiary/aromatic N) is 2. The van der Waals surface area contributed by atoms with Gasteiger partial charge in [-0.05, 0) is 6.92 Å². The summed E-state index contributed by atoms with van der Waals surface area (Å²) in [6.07, 6.45) is 3.54. The highest BCUT2D eigenvalue weighted by Gasteiger charge is 2.13. The predicted molar refractivity (Wildman–Crippen MR) is 57.2 cm³/mol. The summed E-state index contributed by atoms with van der Waals surface area (Å²) in [6.45, 7) is 2.15. The molecule has 4 N–H and O–H groups in total. The summed E-state index contributed by atoms with van der Waals surface area (Å²) in [6, 6.07) is -1.34. The Bertz CT molecular complexity index is 387. The fourth-order valence-corrected chi connectivity index (χ4v) is 1.16. The quantitative estimate of drug-likeness (QED) is 0.617. The van der Waals surface area contributed by atoms with Gasteiger partial charge >= 0.3 is 6.03 Å². The molecule has 0 bridgehead atoms. The average molecular weight is 225 g/mol. The van der Waals surface area contributed by atoms with Gasteiger partial charge in [0.05, 0.1) is 12.2 Å². The standard InChI is InChI=1S/C9H15N5O2/c1-6(8(15)13-9(10)16)11-3-7-4-12-14(2)5-7/h4-6,11H,3H2,1-2H3,(H3,10,13,15,16). The Morgan fingerprint density at radius 2 is 2.31 bits per heavy atom. The van der Waals surface area contributed by atoms with Crippen LogP contribution in [-0.2, 0) is 18.4 Å². The zero-order chi connectivity index (χ0) is 12.1. The van der Waals surface area contributed by atoms with Gasteiger partial charge < -0.3 is 11.1 Å². The topological polar surface area (TPSA) is 102 Å². The van der Waals surface area contributed by atoms with Gasteiger partial charge in [-0.15, -0.1) is 0 Å². The summed E-state index contributed by atoms with van der Waals surface area (Å²) in [7, 11) is 1.81. The molecule has 88 valence electrons. The lowest BCUT2D eigenvalue weighted by Gasteiger charge is -2.11. The maximum atomic E-state index is 11.3. The van der Waals surface area contributed by atoms with Gasteiger partial charge in [-0.1, -0.05) is 0 Å². The highest BCUT2D eigenvalue weighted by atomic mass is 16.2. The molecule has 3 amide bonds. The summed E-state index contributed by atoms with van der Waals surface area (Å²) < 4.78 is 1.67. The second-order valence-corrected chi connectivity index (χ2v) is 3.48. The van der Waals surface area contributed by atoms with E-state index in [0.29, 0.717) is 6.54 Å². The molecule has 16 heavy (non-hydrogen) atoms. The molecular weight excluding hydrogens is 210 g/mol. The van der Waals surface area contributed by atoms with E-state index < -0.39 is 18.0 Å². The smallest absolute Gasteiger partial charge is 0.318 e. The molecule has 0 fully saturated rings. The summed E-state index contributed by atoms with van der Waals surface area (Å²) in [5.41, 5.74) is 5.79. The van der Waals surface area contributed by atoms with Crippen molar-refractivity contribution < 1.29 is 9.59 Å². The number of nitrogens with one attached hydrogen (secondary N) is 2. The molecule has 7 nitrogen and oxygen atoms in total. The van der Waals surface area contributed by atoms with Crippen molar-refractivity contribution in [3.63, 3.8) is 0 Å². The molecule has 1 unspecified atom stereocenters. The monoisotopic (exact) mass is 225 g/mol. The Labute approximate surface area is 93.0 Å². The first-order valence-corrected chi connectivity index (χ1v) is 4.80. The van der Waals surface area contributed by atoms with Crippen LogP contribution in [-0.4, -0.2) is 27.8 Å². The average Bonchev–Trinajstić information content (AvgIpc) is 2.59. The second kappa shape index (κ2) is 5.26. The van der Waals surface area contributed by atoms with E-state index in [4.69, 9.17) is 5.73 Å². The molecule has 0 spiro atoms. The summed E-state index contributed by atoms with van der Waals surface area (Å²) in [4.78, 5) is 21.7. The van der Waals surface area contributed by atoms with E-state index in [-0.39, 0.29) is 0 Å². The van der Waals surface area contributed by atoms with E-state index >= 15 is 0 Å². The third-order valence-electron chi connectivity index (χ3n) is 2.01. The third kappa shape index (κ3) is 3.70. The highest BCUT2D eigenvalue weighted by Crippen LogP contribution is 1.96.